The summed E-state index contributed by atoms with van der Waals surface area (Å²) in [6.07, 6.45) is 3.28. The molecule has 5 nitrogen and oxygen atoms in total. The van der Waals surface area contributed by atoms with E-state index in [9.17, 15) is 4.79 Å². The highest BCUT2D eigenvalue weighted by atomic mass is 32.1. The zero-order chi connectivity index (χ0) is 20.2. The monoisotopic (exact) mass is 407 g/mol. The van der Waals surface area contributed by atoms with Gasteiger partial charge in [0.15, 0.2) is 5.78 Å². The lowest BCUT2D eigenvalue weighted by Gasteiger charge is -2.18. The van der Waals surface area contributed by atoms with Crippen LogP contribution in [0.1, 0.15) is 46.6 Å². The molecule has 0 unspecified atom stereocenters. The minimum atomic E-state index is 0.149. The summed E-state index contributed by atoms with van der Waals surface area (Å²) in [5, 5.41) is 0. The van der Waals surface area contributed by atoms with Gasteiger partial charge in [-0.15, -0.1) is 11.3 Å². The SMILES string of the molecule is Cc1cccc(N2CC[C@@H](Oc3ccc([C@H](C)CC(=O)c4cncs4)cc3)C2)n1. The number of hydrogen-bond donors (Lipinski definition) is 0. The Labute approximate surface area is 175 Å². The molecule has 6 heteroatoms. The number of pyridine rings is 1. The van der Waals surface area contributed by atoms with Crippen molar-refractivity contribution in [2.24, 2.45) is 0 Å². The molecule has 4 rings (SSSR count). The van der Waals surface area contributed by atoms with Gasteiger partial charge in [0.2, 0.25) is 0 Å². The van der Waals surface area contributed by atoms with Gasteiger partial charge >= 0.3 is 0 Å². The van der Waals surface area contributed by atoms with Crippen molar-refractivity contribution in [2.75, 3.05) is 18.0 Å². The number of ketones is 1. The summed E-state index contributed by atoms with van der Waals surface area (Å²) >= 11 is 1.40. The van der Waals surface area contributed by atoms with E-state index in [0.717, 1.165) is 47.2 Å². The third-order valence-electron chi connectivity index (χ3n) is 5.29. The van der Waals surface area contributed by atoms with Crippen molar-refractivity contribution in [3.05, 3.63) is 70.3 Å². The molecule has 1 aliphatic heterocycles. The Morgan fingerprint density at radius 2 is 2.10 bits per heavy atom. The number of nitrogens with zero attached hydrogens (tertiary/aromatic N) is 3. The number of aryl methyl sites for hydroxylation is 1. The Morgan fingerprint density at radius 3 is 2.83 bits per heavy atom. The van der Waals surface area contributed by atoms with Crippen molar-refractivity contribution >= 4 is 22.9 Å². The van der Waals surface area contributed by atoms with Crippen LogP contribution in [0.4, 0.5) is 5.82 Å². The van der Waals surface area contributed by atoms with Gasteiger partial charge in [-0.05, 0) is 42.7 Å². The molecule has 150 valence electrons. The van der Waals surface area contributed by atoms with Gasteiger partial charge in [-0.2, -0.15) is 0 Å². The first-order chi connectivity index (χ1) is 14.1. The molecule has 29 heavy (non-hydrogen) atoms. The zero-order valence-corrected chi connectivity index (χ0v) is 17.6. The normalized spacial score (nSPS) is 17.3. The molecule has 3 aromatic rings. The summed E-state index contributed by atoms with van der Waals surface area (Å²) in [7, 11) is 0. The molecule has 1 aromatic carbocycles. The van der Waals surface area contributed by atoms with E-state index in [0.29, 0.717) is 6.42 Å². The fourth-order valence-electron chi connectivity index (χ4n) is 3.65. The molecule has 0 spiro atoms. The number of anilines is 1. The number of carbonyl (C=O) groups excluding carboxylic acids is 1. The fourth-order valence-corrected chi connectivity index (χ4v) is 4.23. The number of Topliss-reactive ketones (excluding diaryl/α,β-unsaturated/α-hetero) is 1. The third kappa shape index (κ3) is 4.82. The number of thiazole rings is 1. The summed E-state index contributed by atoms with van der Waals surface area (Å²) in [5.74, 6) is 2.20. The molecule has 1 fully saturated rings. The van der Waals surface area contributed by atoms with Crippen LogP contribution in [0.3, 0.4) is 0 Å². The van der Waals surface area contributed by atoms with Crippen LogP contribution in [0.2, 0.25) is 0 Å². The standard InChI is InChI=1S/C23H25N3O2S/c1-16(12-21(27)22-13-24-15-29-22)18-6-8-19(9-7-18)28-20-10-11-26(14-20)23-5-3-4-17(2)25-23/h3-9,13,15-16,20H,10-12,14H2,1-2H3/t16-,20-/m1/s1. The summed E-state index contributed by atoms with van der Waals surface area (Å²) in [6.45, 7) is 5.90. The lowest BCUT2D eigenvalue weighted by Crippen LogP contribution is -2.25. The molecule has 0 bridgehead atoms. The smallest absolute Gasteiger partial charge is 0.175 e. The maximum absolute atomic E-state index is 12.3. The van der Waals surface area contributed by atoms with Crippen molar-refractivity contribution in [1.82, 2.24) is 9.97 Å². The largest absolute Gasteiger partial charge is 0.489 e. The summed E-state index contributed by atoms with van der Waals surface area (Å²) < 4.78 is 6.19. The van der Waals surface area contributed by atoms with Crippen LogP contribution in [0.15, 0.2) is 54.2 Å². The molecule has 0 saturated carbocycles. The minimum Gasteiger partial charge on any atom is -0.489 e. The summed E-state index contributed by atoms with van der Waals surface area (Å²) in [5.41, 5.74) is 3.88. The van der Waals surface area contributed by atoms with Gasteiger partial charge in [0, 0.05) is 31.3 Å². The molecule has 2 aromatic heterocycles. The van der Waals surface area contributed by atoms with Crippen LogP contribution in [0, 0.1) is 6.92 Å². The molecule has 1 aliphatic rings. The van der Waals surface area contributed by atoms with Crippen molar-refractivity contribution in [3.63, 3.8) is 0 Å². The summed E-state index contributed by atoms with van der Waals surface area (Å²) in [6, 6.07) is 14.3. The predicted molar refractivity (Wildman–Crippen MR) is 116 cm³/mol. The Morgan fingerprint density at radius 1 is 1.28 bits per heavy atom. The van der Waals surface area contributed by atoms with Crippen LogP contribution in [0.25, 0.3) is 0 Å². The number of benzene rings is 1. The Balaban J connectivity index is 1.32. The van der Waals surface area contributed by atoms with Gasteiger partial charge in [0.05, 0.1) is 16.9 Å². The topological polar surface area (TPSA) is 55.3 Å². The number of hydrogen-bond acceptors (Lipinski definition) is 6. The second-order valence-corrected chi connectivity index (χ2v) is 8.46. The lowest BCUT2D eigenvalue weighted by atomic mass is 9.95. The number of aromatic nitrogens is 2. The molecular formula is C23H25N3O2S. The van der Waals surface area contributed by atoms with Gasteiger partial charge < -0.3 is 9.64 Å². The minimum absolute atomic E-state index is 0.149. The van der Waals surface area contributed by atoms with Crippen molar-refractivity contribution in [1.29, 1.82) is 0 Å². The van der Waals surface area contributed by atoms with E-state index in [2.05, 4.69) is 40.0 Å². The number of ether oxygens (including phenoxy) is 1. The van der Waals surface area contributed by atoms with E-state index in [1.807, 2.05) is 31.2 Å². The second-order valence-electron chi connectivity index (χ2n) is 7.57. The van der Waals surface area contributed by atoms with E-state index < -0.39 is 0 Å². The molecule has 0 radical (unpaired) electrons. The fraction of sp³-hybridized carbons (Fsp3) is 0.348. The first-order valence-corrected chi connectivity index (χ1v) is 10.8. The molecule has 2 atom stereocenters. The van der Waals surface area contributed by atoms with Gasteiger partial charge in [-0.3, -0.25) is 9.78 Å². The second kappa shape index (κ2) is 8.74. The molecular weight excluding hydrogens is 382 g/mol. The Bertz CT molecular complexity index is 957. The molecule has 0 aliphatic carbocycles. The molecule has 0 N–H and O–H groups in total. The predicted octanol–water partition coefficient (Wildman–Crippen LogP) is 4.88. The quantitative estimate of drug-likeness (QED) is 0.523. The van der Waals surface area contributed by atoms with Crippen molar-refractivity contribution < 1.29 is 9.53 Å². The van der Waals surface area contributed by atoms with Crippen LogP contribution in [-0.2, 0) is 0 Å². The lowest BCUT2D eigenvalue weighted by molar-refractivity contribution is 0.0979. The number of carbonyl (C=O) groups is 1. The van der Waals surface area contributed by atoms with Gasteiger partial charge in [-0.25, -0.2) is 4.98 Å². The van der Waals surface area contributed by atoms with Crippen molar-refractivity contribution in [2.45, 2.75) is 38.7 Å². The molecule has 3 heterocycles. The van der Waals surface area contributed by atoms with Crippen LogP contribution < -0.4 is 9.64 Å². The van der Waals surface area contributed by atoms with Crippen molar-refractivity contribution in [3.8, 4) is 5.75 Å². The van der Waals surface area contributed by atoms with Gasteiger partial charge in [0.25, 0.3) is 0 Å². The first kappa shape index (κ1) is 19.6. The van der Waals surface area contributed by atoms with E-state index >= 15 is 0 Å². The summed E-state index contributed by atoms with van der Waals surface area (Å²) in [4.78, 5) is 23.9. The maximum Gasteiger partial charge on any atom is 0.175 e. The van der Waals surface area contributed by atoms with E-state index in [1.165, 1.54) is 11.3 Å². The number of rotatable bonds is 7. The van der Waals surface area contributed by atoms with E-state index in [-0.39, 0.29) is 17.8 Å². The van der Waals surface area contributed by atoms with E-state index in [1.54, 1.807) is 11.7 Å². The average Bonchev–Trinajstić information content (AvgIpc) is 3.41. The maximum atomic E-state index is 12.3. The van der Waals surface area contributed by atoms with Crippen LogP contribution in [-0.4, -0.2) is 34.9 Å². The molecule has 0 amide bonds. The highest BCUT2D eigenvalue weighted by Gasteiger charge is 2.25. The Hall–Kier alpha value is -2.73. The zero-order valence-electron chi connectivity index (χ0n) is 16.7. The molecule has 1 saturated heterocycles. The van der Waals surface area contributed by atoms with Gasteiger partial charge in [0.1, 0.15) is 17.7 Å². The third-order valence-corrected chi connectivity index (χ3v) is 6.11. The van der Waals surface area contributed by atoms with E-state index in [4.69, 9.17) is 4.74 Å². The Kier molecular flexibility index (Phi) is 5.90. The van der Waals surface area contributed by atoms with Crippen LogP contribution in [0.5, 0.6) is 5.75 Å². The average molecular weight is 408 g/mol. The van der Waals surface area contributed by atoms with Gasteiger partial charge in [-0.1, -0.05) is 25.1 Å². The first-order valence-electron chi connectivity index (χ1n) is 9.95. The van der Waals surface area contributed by atoms with Crippen LogP contribution >= 0.6 is 11.3 Å². The highest BCUT2D eigenvalue weighted by molar-refractivity contribution is 7.11. The highest BCUT2D eigenvalue weighted by Crippen LogP contribution is 2.26.